The van der Waals surface area contributed by atoms with Crippen LogP contribution in [0.15, 0.2) is 0 Å². The summed E-state index contributed by atoms with van der Waals surface area (Å²) in [7, 11) is 0. The van der Waals surface area contributed by atoms with Gasteiger partial charge in [0, 0.05) is 6.42 Å². The summed E-state index contributed by atoms with van der Waals surface area (Å²) in [6.07, 6.45) is 4.27. The van der Waals surface area contributed by atoms with E-state index in [0.717, 1.165) is 25.7 Å². The molecule has 86 valence electrons. The van der Waals surface area contributed by atoms with Crippen LogP contribution in [0.1, 0.15) is 52.9 Å². The van der Waals surface area contributed by atoms with E-state index >= 15 is 0 Å². The molecule has 2 saturated carbocycles. The smallest absolute Gasteiger partial charge is 0.141 e. The minimum Gasteiger partial charge on any atom is -0.389 e. The third-order valence-electron chi connectivity index (χ3n) is 4.99. The molecule has 0 amide bonds. The summed E-state index contributed by atoms with van der Waals surface area (Å²) in [6.45, 7) is 6.27. The second-order valence-electron chi connectivity index (χ2n) is 5.97. The molecule has 2 rings (SSSR count). The average Bonchev–Trinajstić information content (AvgIpc) is 2.18. The van der Waals surface area contributed by atoms with E-state index in [1.54, 1.807) is 0 Å². The summed E-state index contributed by atoms with van der Waals surface area (Å²) in [6, 6.07) is 0. The first-order valence-corrected chi connectivity index (χ1v) is 6.16. The van der Waals surface area contributed by atoms with Crippen LogP contribution in [0.5, 0.6) is 0 Å². The molecular formula is C13H22O2. The fourth-order valence-corrected chi connectivity index (χ4v) is 3.60. The number of ketones is 1. The SMILES string of the molecule is CC1CCC2(C)C(=O)CCC(C)C2(O)C1. The number of fused-ring (bicyclic) bond motifs is 1. The van der Waals surface area contributed by atoms with Gasteiger partial charge in [-0.05, 0) is 44.4 Å². The van der Waals surface area contributed by atoms with Crippen LogP contribution in [0.2, 0.25) is 0 Å². The van der Waals surface area contributed by atoms with Gasteiger partial charge in [0.25, 0.3) is 0 Å². The molecule has 4 unspecified atom stereocenters. The summed E-state index contributed by atoms with van der Waals surface area (Å²) in [5.41, 5.74) is -1.20. The van der Waals surface area contributed by atoms with Crippen LogP contribution < -0.4 is 0 Å². The van der Waals surface area contributed by atoms with Gasteiger partial charge in [-0.15, -0.1) is 0 Å². The van der Waals surface area contributed by atoms with Gasteiger partial charge < -0.3 is 5.11 Å². The molecule has 0 aromatic heterocycles. The van der Waals surface area contributed by atoms with E-state index in [0.29, 0.717) is 12.3 Å². The molecule has 2 aliphatic rings. The number of aliphatic hydroxyl groups is 1. The summed E-state index contributed by atoms with van der Waals surface area (Å²) in [5.74, 6) is 1.11. The van der Waals surface area contributed by atoms with Crippen molar-refractivity contribution < 1.29 is 9.90 Å². The second kappa shape index (κ2) is 3.31. The maximum atomic E-state index is 12.0. The Morgan fingerprint density at radius 2 is 2.00 bits per heavy atom. The lowest BCUT2D eigenvalue weighted by Gasteiger charge is -2.55. The topological polar surface area (TPSA) is 37.3 Å². The van der Waals surface area contributed by atoms with Crippen molar-refractivity contribution in [1.29, 1.82) is 0 Å². The molecule has 0 radical (unpaired) electrons. The molecule has 2 nitrogen and oxygen atoms in total. The summed E-state index contributed by atoms with van der Waals surface area (Å²) >= 11 is 0. The Bertz CT molecular complexity index is 286. The minimum absolute atomic E-state index is 0.267. The highest BCUT2D eigenvalue weighted by Gasteiger charge is 2.58. The van der Waals surface area contributed by atoms with Crippen LogP contribution in [0, 0.1) is 17.3 Å². The molecule has 0 saturated heterocycles. The number of carbonyl (C=O) groups is 1. The first kappa shape index (κ1) is 11.1. The summed E-state index contributed by atoms with van der Waals surface area (Å²) < 4.78 is 0. The number of carbonyl (C=O) groups excluding carboxylic acids is 1. The first-order chi connectivity index (χ1) is 6.90. The number of hydrogen-bond donors (Lipinski definition) is 1. The van der Waals surface area contributed by atoms with E-state index in [1.807, 2.05) is 6.92 Å². The Kier molecular flexibility index (Phi) is 2.45. The Morgan fingerprint density at radius 3 is 2.67 bits per heavy atom. The lowest BCUT2D eigenvalue weighted by Crippen LogP contribution is -2.61. The van der Waals surface area contributed by atoms with Crippen molar-refractivity contribution in [2.45, 2.75) is 58.5 Å². The van der Waals surface area contributed by atoms with Gasteiger partial charge in [0.2, 0.25) is 0 Å². The van der Waals surface area contributed by atoms with Gasteiger partial charge in [-0.1, -0.05) is 13.8 Å². The van der Waals surface area contributed by atoms with Crippen molar-refractivity contribution in [1.82, 2.24) is 0 Å². The van der Waals surface area contributed by atoms with Gasteiger partial charge in [0.05, 0.1) is 11.0 Å². The molecule has 4 atom stereocenters. The largest absolute Gasteiger partial charge is 0.389 e. The Balaban J connectivity index is 2.38. The molecule has 0 bridgehead atoms. The van der Waals surface area contributed by atoms with Gasteiger partial charge >= 0.3 is 0 Å². The molecule has 0 aliphatic heterocycles. The number of hydrogen-bond acceptors (Lipinski definition) is 2. The third-order valence-corrected chi connectivity index (χ3v) is 4.99. The highest BCUT2D eigenvalue weighted by molar-refractivity contribution is 5.87. The predicted molar refractivity (Wildman–Crippen MR) is 59.5 cm³/mol. The van der Waals surface area contributed by atoms with Crippen LogP contribution >= 0.6 is 0 Å². The van der Waals surface area contributed by atoms with E-state index in [1.165, 1.54) is 0 Å². The fourth-order valence-electron chi connectivity index (χ4n) is 3.60. The standard InChI is InChI=1S/C13H22O2/c1-9-6-7-12(3)11(14)5-4-10(2)13(12,15)8-9/h9-10,15H,4-8H2,1-3H3. The predicted octanol–water partition coefficient (Wildman–Crippen LogP) is 2.54. The zero-order valence-electron chi connectivity index (χ0n) is 10.0. The van der Waals surface area contributed by atoms with Crippen molar-refractivity contribution in [3.63, 3.8) is 0 Å². The van der Waals surface area contributed by atoms with Crippen molar-refractivity contribution >= 4 is 5.78 Å². The van der Waals surface area contributed by atoms with Crippen molar-refractivity contribution in [3.8, 4) is 0 Å². The maximum absolute atomic E-state index is 12.0. The van der Waals surface area contributed by atoms with E-state index in [9.17, 15) is 9.90 Å². The van der Waals surface area contributed by atoms with Gasteiger partial charge in [-0.25, -0.2) is 0 Å². The van der Waals surface area contributed by atoms with E-state index in [-0.39, 0.29) is 11.7 Å². The van der Waals surface area contributed by atoms with Crippen LogP contribution in [0.4, 0.5) is 0 Å². The van der Waals surface area contributed by atoms with Crippen molar-refractivity contribution in [2.24, 2.45) is 17.3 Å². The van der Waals surface area contributed by atoms with Crippen LogP contribution in [0.3, 0.4) is 0 Å². The highest BCUT2D eigenvalue weighted by Crippen LogP contribution is 2.54. The van der Waals surface area contributed by atoms with Crippen LogP contribution in [-0.4, -0.2) is 16.5 Å². The van der Waals surface area contributed by atoms with Gasteiger partial charge in [-0.3, -0.25) is 4.79 Å². The third kappa shape index (κ3) is 1.37. The lowest BCUT2D eigenvalue weighted by molar-refractivity contribution is -0.184. The number of rotatable bonds is 0. The summed E-state index contributed by atoms with van der Waals surface area (Å²) in [4.78, 5) is 12.0. The zero-order chi connectivity index (χ0) is 11.3. The molecule has 1 N–H and O–H groups in total. The van der Waals surface area contributed by atoms with Gasteiger partial charge in [-0.2, -0.15) is 0 Å². The molecule has 2 fully saturated rings. The van der Waals surface area contributed by atoms with E-state index in [4.69, 9.17) is 0 Å². The van der Waals surface area contributed by atoms with Gasteiger partial charge in [0.1, 0.15) is 5.78 Å². The first-order valence-electron chi connectivity index (χ1n) is 6.16. The van der Waals surface area contributed by atoms with Crippen molar-refractivity contribution in [2.75, 3.05) is 0 Å². The second-order valence-corrected chi connectivity index (χ2v) is 5.97. The van der Waals surface area contributed by atoms with Crippen LogP contribution in [0.25, 0.3) is 0 Å². The minimum atomic E-state index is -0.736. The Labute approximate surface area is 92.1 Å². The Hall–Kier alpha value is -0.370. The molecule has 15 heavy (non-hydrogen) atoms. The Morgan fingerprint density at radius 1 is 1.33 bits per heavy atom. The monoisotopic (exact) mass is 210 g/mol. The maximum Gasteiger partial charge on any atom is 0.141 e. The molecule has 0 aromatic carbocycles. The van der Waals surface area contributed by atoms with Crippen molar-refractivity contribution in [3.05, 3.63) is 0 Å². The average molecular weight is 210 g/mol. The molecule has 0 aromatic rings. The molecule has 2 aliphatic carbocycles. The molecule has 2 heteroatoms. The summed E-state index contributed by atoms with van der Waals surface area (Å²) in [5, 5.41) is 10.8. The van der Waals surface area contributed by atoms with Gasteiger partial charge in [0.15, 0.2) is 0 Å². The van der Waals surface area contributed by atoms with Crippen LogP contribution in [-0.2, 0) is 4.79 Å². The normalized spacial score (nSPS) is 51.3. The quantitative estimate of drug-likeness (QED) is 0.667. The van der Waals surface area contributed by atoms with E-state index in [2.05, 4.69) is 13.8 Å². The van der Waals surface area contributed by atoms with E-state index < -0.39 is 11.0 Å². The zero-order valence-corrected chi connectivity index (χ0v) is 10.0. The number of Topliss-reactive ketones (excluding diaryl/α,β-unsaturated/α-hetero) is 1. The molecular weight excluding hydrogens is 188 g/mol. The fraction of sp³-hybridized carbons (Fsp3) is 0.923. The lowest BCUT2D eigenvalue weighted by atomic mass is 9.52. The molecule has 0 spiro atoms. The molecule has 0 heterocycles. The highest BCUT2D eigenvalue weighted by atomic mass is 16.3.